The molecule has 0 unspecified atom stereocenters. The Morgan fingerprint density at radius 3 is 2.56 bits per heavy atom. The van der Waals surface area contributed by atoms with Crippen LogP contribution in [0.15, 0.2) is 27.8 Å². The molecule has 0 radical (unpaired) electrons. The van der Waals surface area contributed by atoms with Crippen molar-refractivity contribution in [2.75, 3.05) is 12.3 Å². The fourth-order valence-electron chi connectivity index (χ4n) is 2.46. The van der Waals surface area contributed by atoms with Crippen LogP contribution in [0.4, 0.5) is 0 Å². The molecule has 0 spiro atoms. The van der Waals surface area contributed by atoms with Crippen molar-refractivity contribution in [3.05, 3.63) is 22.8 Å². The Morgan fingerprint density at radius 1 is 1.28 bits per heavy atom. The lowest BCUT2D eigenvalue weighted by Crippen LogP contribution is -2.34. The quantitative estimate of drug-likeness (QED) is 0.610. The van der Waals surface area contributed by atoms with Crippen LogP contribution in [-0.4, -0.2) is 23.3 Å². The number of hydrogen-bond donors (Lipinski definition) is 1. The molecule has 0 amide bonds. The molecule has 98 valence electrons. The average molecular weight is 327 g/mol. The maximum Gasteiger partial charge on any atom is 0.0961 e. The van der Waals surface area contributed by atoms with Gasteiger partial charge in [-0.15, -0.1) is 11.8 Å². The summed E-state index contributed by atoms with van der Waals surface area (Å²) in [5.74, 6) is 3.10. The third kappa shape index (κ3) is 3.72. The van der Waals surface area contributed by atoms with Crippen molar-refractivity contribution in [1.82, 2.24) is 10.3 Å². The molecule has 4 heteroatoms. The van der Waals surface area contributed by atoms with Gasteiger partial charge in [0.15, 0.2) is 0 Å². The molecular formula is C14H19BrN2S. The third-order valence-corrected chi connectivity index (χ3v) is 5.11. The van der Waals surface area contributed by atoms with Crippen LogP contribution in [-0.2, 0) is 0 Å². The van der Waals surface area contributed by atoms with Crippen LogP contribution in [0.5, 0.6) is 0 Å². The van der Waals surface area contributed by atoms with E-state index in [0.29, 0.717) is 0 Å². The first-order valence-corrected chi connectivity index (χ1v) is 8.58. The molecular weight excluding hydrogens is 308 g/mol. The number of nitrogens with one attached hydrogen (secondary N) is 1. The topological polar surface area (TPSA) is 24.9 Å². The van der Waals surface area contributed by atoms with Gasteiger partial charge >= 0.3 is 0 Å². The van der Waals surface area contributed by atoms with Gasteiger partial charge in [-0.1, -0.05) is 0 Å². The molecule has 1 N–H and O–H groups in total. The van der Waals surface area contributed by atoms with Crippen LogP contribution in [0.3, 0.4) is 0 Å². The van der Waals surface area contributed by atoms with E-state index in [0.717, 1.165) is 39.7 Å². The van der Waals surface area contributed by atoms with Crippen molar-refractivity contribution in [3.8, 4) is 0 Å². The summed E-state index contributed by atoms with van der Waals surface area (Å²) in [5.41, 5.74) is 0. The fraction of sp³-hybridized carbons (Fsp3) is 0.643. The molecule has 2 saturated carbocycles. The van der Waals surface area contributed by atoms with Gasteiger partial charge in [0.05, 0.1) is 5.03 Å². The highest BCUT2D eigenvalue weighted by Gasteiger charge is 2.40. The van der Waals surface area contributed by atoms with Crippen LogP contribution in [0.2, 0.25) is 0 Å². The van der Waals surface area contributed by atoms with Gasteiger partial charge in [0.1, 0.15) is 0 Å². The summed E-state index contributed by atoms with van der Waals surface area (Å²) in [6.45, 7) is 1.11. The van der Waals surface area contributed by atoms with Gasteiger partial charge < -0.3 is 5.32 Å². The van der Waals surface area contributed by atoms with E-state index in [1.807, 2.05) is 18.0 Å². The monoisotopic (exact) mass is 326 g/mol. The van der Waals surface area contributed by atoms with Gasteiger partial charge in [0.25, 0.3) is 0 Å². The Morgan fingerprint density at radius 2 is 2.00 bits per heavy atom. The normalized spacial score (nSPS) is 19.4. The van der Waals surface area contributed by atoms with Crippen molar-refractivity contribution >= 4 is 27.7 Å². The van der Waals surface area contributed by atoms with E-state index in [4.69, 9.17) is 0 Å². The number of nitrogens with zero attached hydrogens (tertiary/aromatic N) is 1. The lowest BCUT2D eigenvalue weighted by Gasteiger charge is -2.17. The highest BCUT2D eigenvalue weighted by atomic mass is 79.9. The Bertz CT molecular complexity index is 375. The number of hydrogen-bond acceptors (Lipinski definition) is 3. The second-order valence-corrected chi connectivity index (χ2v) is 7.35. The lowest BCUT2D eigenvalue weighted by atomic mass is 10.1. The summed E-state index contributed by atoms with van der Waals surface area (Å²) < 4.78 is 1.05. The predicted octanol–water partition coefficient (Wildman–Crippen LogP) is 3.71. The van der Waals surface area contributed by atoms with E-state index in [9.17, 15) is 0 Å². The summed E-state index contributed by atoms with van der Waals surface area (Å²) in [7, 11) is 0. The smallest absolute Gasteiger partial charge is 0.0961 e. The summed E-state index contributed by atoms with van der Waals surface area (Å²) in [6.07, 6.45) is 7.68. The molecule has 2 aliphatic carbocycles. The minimum atomic E-state index is 0.823. The molecule has 1 heterocycles. The second-order valence-electron chi connectivity index (χ2n) is 5.32. The predicted molar refractivity (Wildman–Crippen MR) is 79.9 cm³/mol. The minimum Gasteiger partial charge on any atom is -0.313 e. The largest absolute Gasteiger partial charge is 0.313 e. The maximum absolute atomic E-state index is 4.38. The lowest BCUT2D eigenvalue weighted by molar-refractivity contribution is 0.429. The Balaban J connectivity index is 1.37. The van der Waals surface area contributed by atoms with E-state index in [-0.39, 0.29) is 0 Å². The number of rotatable bonds is 7. The molecule has 0 aromatic carbocycles. The van der Waals surface area contributed by atoms with Crippen LogP contribution in [0, 0.1) is 11.8 Å². The first-order chi connectivity index (χ1) is 8.83. The first kappa shape index (κ1) is 12.9. The van der Waals surface area contributed by atoms with Crippen LogP contribution in [0.25, 0.3) is 0 Å². The van der Waals surface area contributed by atoms with Crippen LogP contribution < -0.4 is 5.32 Å². The molecule has 1 aromatic heterocycles. The summed E-state index contributed by atoms with van der Waals surface area (Å²) in [5, 5.41) is 4.89. The molecule has 2 fully saturated rings. The number of thioether (sulfide) groups is 1. The SMILES string of the molecule is Brc1ccc(SCCNC(C2CC2)C2CC2)nc1. The standard InChI is InChI=1S/C14H19BrN2S/c15-12-5-6-13(17-9-12)18-8-7-16-14(10-1-2-10)11-3-4-11/h5-6,9-11,14,16H,1-4,7-8H2. The molecule has 18 heavy (non-hydrogen) atoms. The van der Waals surface area contributed by atoms with E-state index in [1.54, 1.807) is 0 Å². The van der Waals surface area contributed by atoms with E-state index < -0.39 is 0 Å². The van der Waals surface area contributed by atoms with E-state index in [1.165, 1.54) is 25.7 Å². The molecule has 2 nitrogen and oxygen atoms in total. The highest BCUT2D eigenvalue weighted by molar-refractivity contribution is 9.10. The Kier molecular flexibility index (Phi) is 4.27. The van der Waals surface area contributed by atoms with Crippen molar-refractivity contribution < 1.29 is 0 Å². The number of pyridine rings is 1. The summed E-state index contributed by atoms with van der Waals surface area (Å²) in [6, 6.07) is 4.96. The zero-order valence-electron chi connectivity index (χ0n) is 10.4. The van der Waals surface area contributed by atoms with Crippen molar-refractivity contribution in [1.29, 1.82) is 0 Å². The van der Waals surface area contributed by atoms with E-state index >= 15 is 0 Å². The Labute approximate surface area is 121 Å². The van der Waals surface area contributed by atoms with Crippen molar-refractivity contribution in [3.63, 3.8) is 0 Å². The van der Waals surface area contributed by atoms with Crippen LogP contribution in [0.1, 0.15) is 25.7 Å². The number of halogens is 1. The first-order valence-electron chi connectivity index (χ1n) is 6.80. The second kappa shape index (κ2) is 5.93. The minimum absolute atomic E-state index is 0.823. The molecule has 2 aliphatic rings. The highest BCUT2D eigenvalue weighted by Crippen LogP contribution is 2.44. The maximum atomic E-state index is 4.38. The third-order valence-electron chi connectivity index (χ3n) is 3.69. The van der Waals surface area contributed by atoms with Crippen molar-refractivity contribution in [2.45, 2.75) is 36.8 Å². The molecule has 0 atom stereocenters. The zero-order chi connectivity index (χ0) is 12.4. The molecule has 0 aliphatic heterocycles. The number of aromatic nitrogens is 1. The van der Waals surface area contributed by atoms with Crippen LogP contribution >= 0.6 is 27.7 Å². The van der Waals surface area contributed by atoms with E-state index in [2.05, 4.69) is 38.4 Å². The van der Waals surface area contributed by atoms with Gasteiger partial charge in [-0.05, 0) is 65.6 Å². The summed E-state index contributed by atoms with van der Waals surface area (Å²) in [4.78, 5) is 4.38. The Hall–Kier alpha value is -0.0600. The molecule has 1 aromatic rings. The van der Waals surface area contributed by atoms with Gasteiger partial charge in [-0.2, -0.15) is 0 Å². The van der Waals surface area contributed by atoms with Gasteiger partial charge in [0.2, 0.25) is 0 Å². The van der Waals surface area contributed by atoms with Gasteiger partial charge in [0, 0.05) is 29.0 Å². The average Bonchev–Trinajstić information content (AvgIpc) is 3.25. The molecule has 3 rings (SSSR count). The molecule has 0 saturated heterocycles. The fourth-order valence-corrected chi connectivity index (χ4v) is 3.41. The zero-order valence-corrected chi connectivity index (χ0v) is 12.8. The van der Waals surface area contributed by atoms with Gasteiger partial charge in [-0.25, -0.2) is 4.98 Å². The molecule has 0 bridgehead atoms. The van der Waals surface area contributed by atoms with Gasteiger partial charge in [-0.3, -0.25) is 0 Å². The van der Waals surface area contributed by atoms with Crippen molar-refractivity contribution in [2.24, 2.45) is 11.8 Å². The summed E-state index contributed by atoms with van der Waals surface area (Å²) >= 11 is 5.25.